The van der Waals surface area contributed by atoms with Crippen molar-refractivity contribution in [2.75, 3.05) is 6.26 Å². The molecule has 2 nitrogen and oxygen atoms in total. The van der Waals surface area contributed by atoms with Gasteiger partial charge in [0.25, 0.3) is 0 Å². The van der Waals surface area contributed by atoms with Crippen LogP contribution in [0.4, 0.5) is 0 Å². The largest absolute Gasteiger partial charge is 0.264 e. The van der Waals surface area contributed by atoms with Crippen LogP contribution in [0.15, 0.2) is 24.5 Å². The summed E-state index contributed by atoms with van der Waals surface area (Å²) in [6.45, 7) is 0. The van der Waals surface area contributed by atoms with Crippen LogP contribution >= 0.6 is 11.8 Å². The van der Waals surface area contributed by atoms with Gasteiger partial charge in [-0.1, -0.05) is 0 Å². The van der Waals surface area contributed by atoms with Gasteiger partial charge in [-0.15, -0.1) is 11.8 Å². The van der Waals surface area contributed by atoms with Crippen LogP contribution in [-0.4, -0.2) is 19.6 Å². The fraction of sp³-hybridized carbons (Fsp3) is 0.143. The van der Waals surface area contributed by atoms with Gasteiger partial charge in [0.15, 0.2) is 0 Å². The van der Waals surface area contributed by atoms with E-state index in [4.69, 9.17) is 0 Å². The molecular formula is C7H7NOS2. The third kappa shape index (κ3) is 2.17. The number of thioether (sulfide) groups is 1. The predicted molar refractivity (Wildman–Crippen MR) is 50.0 cm³/mol. The molecule has 0 saturated heterocycles. The predicted octanol–water partition coefficient (Wildman–Crippen LogP) is 1.14. The Morgan fingerprint density at radius 1 is 1.64 bits per heavy atom. The first kappa shape index (κ1) is 8.49. The molecule has 58 valence electrons. The van der Waals surface area contributed by atoms with Gasteiger partial charge >= 0.3 is 0 Å². The number of hydrogen-bond donors (Lipinski definition) is 0. The van der Waals surface area contributed by atoms with Crippen LogP contribution in [0.25, 0.3) is 0 Å². The van der Waals surface area contributed by atoms with Gasteiger partial charge in [-0.3, -0.25) is 4.98 Å². The van der Waals surface area contributed by atoms with E-state index in [1.807, 2.05) is 18.4 Å². The maximum absolute atomic E-state index is 10.5. The van der Waals surface area contributed by atoms with Crippen molar-refractivity contribution < 1.29 is 4.21 Å². The summed E-state index contributed by atoms with van der Waals surface area (Å²) in [5.41, 5.74) is 0.903. The number of rotatable bonds is 1. The molecule has 0 aliphatic heterocycles. The van der Waals surface area contributed by atoms with Gasteiger partial charge in [-0.05, 0) is 18.4 Å². The van der Waals surface area contributed by atoms with E-state index in [1.54, 1.807) is 12.4 Å². The molecule has 0 bridgehead atoms. The molecule has 0 N–H and O–H groups in total. The highest BCUT2D eigenvalue weighted by molar-refractivity contribution is 8.21. The second-order valence-electron chi connectivity index (χ2n) is 1.82. The van der Waals surface area contributed by atoms with Crippen molar-refractivity contribution in [2.24, 2.45) is 0 Å². The molecule has 0 aromatic carbocycles. The van der Waals surface area contributed by atoms with Crippen molar-refractivity contribution in [1.29, 1.82) is 0 Å². The van der Waals surface area contributed by atoms with Crippen molar-refractivity contribution in [3.05, 3.63) is 30.1 Å². The molecule has 0 spiro atoms. The van der Waals surface area contributed by atoms with Gasteiger partial charge in [0.2, 0.25) is 0 Å². The summed E-state index contributed by atoms with van der Waals surface area (Å²) in [4.78, 5) is 3.92. The topological polar surface area (TPSA) is 30.0 Å². The van der Waals surface area contributed by atoms with E-state index in [0.29, 0.717) is 11.3 Å². The zero-order valence-electron chi connectivity index (χ0n) is 5.98. The average Bonchev–Trinajstić information content (AvgIpc) is 2.09. The van der Waals surface area contributed by atoms with Crippen LogP contribution in [0.2, 0.25) is 0 Å². The fourth-order valence-electron chi connectivity index (χ4n) is 0.683. The molecule has 1 aromatic rings. The van der Waals surface area contributed by atoms with Gasteiger partial charge in [0.1, 0.15) is 15.5 Å². The van der Waals surface area contributed by atoms with Gasteiger partial charge in [0.05, 0.1) is 0 Å². The van der Waals surface area contributed by atoms with Crippen LogP contribution < -0.4 is 0 Å². The van der Waals surface area contributed by atoms with Gasteiger partial charge in [-0.2, -0.15) is 0 Å². The first-order chi connectivity index (χ1) is 5.38. The summed E-state index contributed by atoms with van der Waals surface area (Å²) in [5.74, 6) is 0. The lowest BCUT2D eigenvalue weighted by atomic mass is 10.3. The Morgan fingerprint density at radius 3 is 2.91 bits per heavy atom. The van der Waals surface area contributed by atoms with Crippen LogP contribution in [0.5, 0.6) is 0 Å². The number of hydrogen-bond acceptors (Lipinski definition) is 3. The van der Waals surface area contributed by atoms with E-state index < -0.39 is 0 Å². The number of pyridine rings is 1. The van der Waals surface area contributed by atoms with E-state index in [-0.39, 0.29) is 0 Å². The summed E-state index contributed by atoms with van der Waals surface area (Å²) < 4.78 is 11.3. The number of nitrogens with zero attached hydrogens (tertiary/aromatic N) is 1. The van der Waals surface area contributed by atoms with Crippen molar-refractivity contribution in [3.63, 3.8) is 0 Å². The molecule has 0 atom stereocenters. The molecule has 0 aliphatic rings. The first-order valence-electron chi connectivity index (χ1n) is 2.99. The van der Waals surface area contributed by atoms with Crippen molar-refractivity contribution in [1.82, 2.24) is 4.98 Å². The molecule has 1 rings (SSSR count). The third-order valence-electron chi connectivity index (χ3n) is 1.16. The van der Waals surface area contributed by atoms with E-state index in [1.165, 1.54) is 11.8 Å². The molecule has 1 aromatic heterocycles. The summed E-state index contributed by atoms with van der Waals surface area (Å²) in [7, 11) is 0. The second kappa shape index (κ2) is 4.31. The molecule has 0 radical (unpaired) electrons. The molecule has 0 saturated carbocycles. The third-order valence-corrected chi connectivity index (χ3v) is 2.86. The minimum absolute atomic E-state index is 0.513. The zero-order valence-corrected chi connectivity index (χ0v) is 7.61. The Hall–Kier alpha value is -0.610. The molecule has 1 heterocycles. The van der Waals surface area contributed by atoms with E-state index in [2.05, 4.69) is 4.98 Å². The quantitative estimate of drug-likeness (QED) is 0.614. The van der Waals surface area contributed by atoms with Crippen LogP contribution in [-0.2, 0) is 11.3 Å². The summed E-state index contributed by atoms with van der Waals surface area (Å²) in [6.07, 6.45) is 5.26. The minimum atomic E-state index is 0.513. The molecular weight excluding hydrogens is 178 g/mol. The smallest absolute Gasteiger partial charge is 0.109 e. The molecule has 0 unspecified atom stereocenters. The maximum Gasteiger partial charge on any atom is 0.109 e. The molecule has 0 amide bonds. The Kier molecular flexibility index (Phi) is 3.32. The van der Waals surface area contributed by atoms with Crippen LogP contribution in [0.1, 0.15) is 5.56 Å². The average molecular weight is 185 g/mol. The van der Waals surface area contributed by atoms with Gasteiger partial charge < -0.3 is 0 Å². The Balaban J connectivity index is 3.02. The molecule has 4 heteroatoms. The number of aromatic nitrogens is 1. The highest BCUT2D eigenvalue weighted by Crippen LogP contribution is 2.06. The van der Waals surface area contributed by atoms with Crippen LogP contribution in [0.3, 0.4) is 0 Å². The molecule has 0 aliphatic carbocycles. The maximum atomic E-state index is 10.5. The van der Waals surface area contributed by atoms with Crippen molar-refractivity contribution in [2.45, 2.75) is 0 Å². The van der Waals surface area contributed by atoms with Gasteiger partial charge in [0, 0.05) is 18.0 Å². The lowest BCUT2D eigenvalue weighted by molar-refractivity contribution is 0.701. The van der Waals surface area contributed by atoms with Crippen LogP contribution in [0, 0.1) is 0 Å². The van der Waals surface area contributed by atoms with E-state index in [0.717, 1.165) is 9.76 Å². The van der Waals surface area contributed by atoms with E-state index in [9.17, 15) is 4.21 Å². The molecule has 0 fully saturated rings. The fourth-order valence-corrected chi connectivity index (χ4v) is 1.53. The van der Waals surface area contributed by atoms with Crippen molar-refractivity contribution >= 4 is 27.2 Å². The first-order valence-corrected chi connectivity index (χ1v) is 4.96. The zero-order chi connectivity index (χ0) is 8.10. The van der Waals surface area contributed by atoms with Crippen molar-refractivity contribution in [3.8, 4) is 0 Å². The molecule has 11 heavy (non-hydrogen) atoms. The summed E-state index contributed by atoms with van der Waals surface area (Å²) >= 11 is 1.96. The summed E-state index contributed by atoms with van der Waals surface area (Å²) in [6, 6.07) is 3.70. The second-order valence-corrected chi connectivity index (χ2v) is 3.47. The monoisotopic (exact) mass is 185 g/mol. The minimum Gasteiger partial charge on any atom is -0.264 e. The SMILES string of the molecule is CSC(=S=O)c1cccnc1. The lowest BCUT2D eigenvalue weighted by Crippen LogP contribution is -1.93. The normalized spacial score (nSPS) is 9.18. The van der Waals surface area contributed by atoms with Gasteiger partial charge in [-0.25, -0.2) is 4.21 Å². The Bertz CT molecular complexity index is 280. The summed E-state index contributed by atoms with van der Waals surface area (Å²) in [5, 5.41) is 0. The Labute approximate surface area is 73.1 Å². The highest BCUT2D eigenvalue weighted by Gasteiger charge is 1.98. The Morgan fingerprint density at radius 2 is 2.45 bits per heavy atom. The van der Waals surface area contributed by atoms with E-state index >= 15 is 0 Å². The highest BCUT2D eigenvalue weighted by atomic mass is 32.2. The standard InChI is InChI=1S/C7H7NOS2/c1-10-7(11-9)6-3-2-4-8-5-6/h2-5H,1H3. The lowest BCUT2D eigenvalue weighted by Gasteiger charge is -1.95.